The van der Waals surface area contributed by atoms with Crippen LogP contribution in [0.4, 0.5) is 9.59 Å². The van der Waals surface area contributed by atoms with E-state index in [1.807, 2.05) is 41.5 Å². The third-order valence-electron chi connectivity index (χ3n) is 5.16. The molecular formula is C30H60N2O12. The van der Waals surface area contributed by atoms with E-state index in [2.05, 4.69) is 0 Å². The molecule has 0 fully saturated rings. The molecule has 44 heavy (non-hydrogen) atoms. The zero-order valence-electron chi connectivity index (χ0n) is 28.5. The largest absolute Gasteiger partial charge is 0.444 e. The van der Waals surface area contributed by atoms with Gasteiger partial charge in [-0.2, -0.15) is 0 Å². The third kappa shape index (κ3) is 30.3. The second-order valence-corrected chi connectivity index (χ2v) is 11.7. The molecule has 0 aliphatic rings. The number of carbonyl (C=O) groups is 2. The van der Waals surface area contributed by atoms with Crippen LogP contribution in [-0.2, 0) is 47.4 Å². The Morgan fingerprint density at radius 2 is 0.568 bits per heavy atom. The molecule has 262 valence electrons. The molecule has 0 atom stereocenters. The molecule has 0 unspecified atom stereocenters. The SMILES string of the molecule is CN(CCOCCOCCOCCOCCOCCOCCOCCOCCN(C)C(=O)OC(C)(C)C)C(=O)OC(C)(C)C. The molecule has 0 heterocycles. The molecule has 0 aromatic heterocycles. The van der Waals surface area contributed by atoms with E-state index in [0.29, 0.717) is 119 Å². The van der Waals surface area contributed by atoms with E-state index in [-0.39, 0.29) is 12.2 Å². The van der Waals surface area contributed by atoms with Crippen molar-refractivity contribution in [3.63, 3.8) is 0 Å². The number of hydrogen-bond acceptors (Lipinski definition) is 12. The summed E-state index contributed by atoms with van der Waals surface area (Å²) in [7, 11) is 3.36. The highest BCUT2D eigenvalue weighted by molar-refractivity contribution is 5.68. The smallest absolute Gasteiger partial charge is 0.410 e. The second-order valence-electron chi connectivity index (χ2n) is 11.7. The van der Waals surface area contributed by atoms with Crippen LogP contribution in [0.2, 0.25) is 0 Å². The van der Waals surface area contributed by atoms with Crippen LogP contribution in [0.15, 0.2) is 0 Å². The fourth-order valence-electron chi connectivity index (χ4n) is 2.91. The summed E-state index contributed by atoms with van der Waals surface area (Å²) in [4.78, 5) is 26.7. The van der Waals surface area contributed by atoms with Gasteiger partial charge in [-0.3, -0.25) is 0 Å². The van der Waals surface area contributed by atoms with E-state index in [1.54, 1.807) is 14.1 Å². The van der Waals surface area contributed by atoms with Crippen molar-refractivity contribution >= 4 is 12.2 Å². The summed E-state index contributed by atoms with van der Waals surface area (Å²) in [6.07, 6.45) is -0.734. The maximum absolute atomic E-state index is 11.8. The highest BCUT2D eigenvalue weighted by Crippen LogP contribution is 2.09. The van der Waals surface area contributed by atoms with Crippen LogP contribution in [0.3, 0.4) is 0 Å². The molecule has 0 aliphatic heterocycles. The summed E-state index contributed by atoms with van der Waals surface area (Å²) in [5, 5.41) is 0. The van der Waals surface area contributed by atoms with Gasteiger partial charge in [0.2, 0.25) is 0 Å². The van der Waals surface area contributed by atoms with Crippen LogP contribution in [0, 0.1) is 0 Å². The molecule has 0 saturated carbocycles. The Balaban J connectivity index is 3.26. The van der Waals surface area contributed by atoms with Gasteiger partial charge in [-0.1, -0.05) is 0 Å². The molecule has 0 rings (SSSR count). The summed E-state index contributed by atoms with van der Waals surface area (Å²) >= 11 is 0. The predicted molar refractivity (Wildman–Crippen MR) is 164 cm³/mol. The first-order valence-corrected chi connectivity index (χ1v) is 15.3. The average Bonchev–Trinajstić information content (AvgIpc) is 2.92. The maximum atomic E-state index is 11.8. The number of hydrogen-bond donors (Lipinski definition) is 0. The van der Waals surface area contributed by atoms with Crippen molar-refractivity contribution in [1.82, 2.24) is 9.80 Å². The van der Waals surface area contributed by atoms with Crippen LogP contribution in [0.25, 0.3) is 0 Å². The minimum Gasteiger partial charge on any atom is -0.444 e. The molecule has 0 radical (unpaired) electrons. The first-order valence-electron chi connectivity index (χ1n) is 15.3. The molecule has 0 N–H and O–H groups in total. The molecule has 0 aliphatic carbocycles. The molecule has 14 nitrogen and oxygen atoms in total. The lowest BCUT2D eigenvalue weighted by Gasteiger charge is -2.24. The van der Waals surface area contributed by atoms with E-state index in [9.17, 15) is 9.59 Å². The summed E-state index contributed by atoms with van der Waals surface area (Å²) in [6.45, 7) is 19.3. The lowest BCUT2D eigenvalue weighted by molar-refractivity contribution is -0.0241. The van der Waals surface area contributed by atoms with E-state index < -0.39 is 11.2 Å². The molecular weight excluding hydrogens is 580 g/mol. The van der Waals surface area contributed by atoms with Crippen molar-refractivity contribution in [2.45, 2.75) is 52.7 Å². The first-order chi connectivity index (χ1) is 20.8. The van der Waals surface area contributed by atoms with Crippen LogP contribution in [0.5, 0.6) is 0 Å². The number of carbonyl (C=O) groups excluding carboxylic acids is 2. The summed E-state index contributed by atoms with van der Waals surface area (Å²) in [5.41, 5.74) is -1.02. The molecule has 0 bridgehead atoms. The van der Waals surface area contributed by atoms with Crippen molar-refractivity contribution in [1.29, 1.82) is 0 Å². The standard InChI is InChI=1S/C30H60N2O12/c1-29(2,3)43-27(33)31(7)9-11-35-13-15-37-17-19-39-21-23-41-25-26-42-24-22-40-20-18-38-16-14-36-12-10-32(8)28(34)44-30(4,5)6/h9-26H2,1-8H3. The lowest BCUT2D eigenvalue weighted by atomic mass is 10.2. The van der Waals surface area contributed by atoms with Crippen LogP contribution >= 0.6 is 0 Å². The van der Waals surface area contributed by atoms with Gasteiger partial charge in [0.15, 0.2) is 0 Å². The minimum atomic E-state index is -0.512. The van der Waals surface area contributed by atoms with E-state index in [0.717, 1.165) is 0 Å². The fraction of sp³-hybridized carbons (Fsp3) is 0.933. The van der Waals surface area contributed by atoms with Gasteiger partial charge in [0.1, 0.15) is 11.2 Å². The van der Waals surface area contributed by atoms with Crippen molar-refractivity contribution < 1.29 is 57.0 Å². The monoisotopic (exact) mass is 640 g/mol. The van der Waals surface area contributed by atoms with Gasteiger partial charge >= 0.3 is 12.2 Å². The third-order valence-corrected chi connectivity index (χ3v) is 5.16. The Morgan fingerprint density at radius 1 is 0.386 bits per heavy atom. The quantitative estimate of drug-likeness (QED) is 0.122. The number of likely N-dealkylation sites (N-methyl/N-ethyl adjacent to an activating group) is 2. The highest BCUT2D eigenvalue weighted by atomic mass is 16.6. The molecule has 14 heteroatoms. The van der Waals surface area contributed by atoms with Crippen LogP contribution in [0.1, 0.15) is 41.5 Å². The van der Waals surface area contributed by atoms with Gasteiger partial charge in [-0.25, -0.2) is 9.59 Å². The van der Waals surface area contributed by atoms with Crippen molar-refractivity contribution in [3.8, 4) is 0 Å². The predicted octanol–water partition coefficient (Wildman–Crippen LogP) is 2.85. The maximum Gasteiger partial charge on any atom is 0.410 e. The first kappa shape index (κ1) is 42.2. The zero-order valence-corrected chi connectivity index (χ0v) is 28.5. The van der Waals surface area contributed by atoms with Crippen molar-refractivity contribution in [2.24, 2.45) is 0 Å². The minimum absolute atomic E-state index is 0.367. The highest BCUT2D eigenvalue weighted by Gasteiger charge is 2.20. The molecule has 2 amide bonds. The van der Waals surface area contributed by atoms with Crippen molar-refractivity contribution in [2.75, 3.05) is 133 Å². The molecule has 0 aromatic rings. The lowest BCUT2D eigenvalue weighted by Crippen LogP contribution is -2.36. The summed E-state index contributed by atoms with van der Waals surface area (Å²) < 4.78 is 54.3. The van der Waals surface area contributed by atoms with Gasteiger partial charge in [0.25, 0.3) is 0 Å². The molecule has 0 aromatic carbocycles. The van der Waals surface area contributed by atoms with Gasteiger partial charge in [-0.15, -0.1) is 0 Å². The Hall–Kier alpha value is -1.78. The van der Waals surface area contributed by atoms with Gasteiger partial charge in [0, 0.05) is 27.2 Å². The van der Waals surface area contributed by atoms with E-state index in [4.69, 9.17) is 47.4 Å². The Morgan fingerprint density at radius 3 is 0.750 bits per heavy atom. The van der Waals surface area contributed by atoms with Gasteiger partial charge in [-0.05, 0) is 41.5 Å². The summed E-state index contributed by atoms with van der Waals surface area (Å²) in [5.74, 6) is 0. The number of amides is 2. The van der Waals surface area contributed by atoms with Crippen LogP contribution < -0.4 is 0 Å². The van der Waals surface area contributed by atoms with Crippen LogP contribution in [-0.4, -0.2) is 166 Å². The number of rotatable bonds is 27. The van der Waals surface area contributed by atoms with Gasteiger partial charge < -0.3 is 57.2 Å². The average molecular weight is 641 g/mol. The number of nitrogens with zero attached hydrogens (tertiary/aromatic N) is 2. The van der Waals surface area contributed by atoms with Crippen molar-refractivity contribution in [3.05, 3.63) is 0 Å². The number of ether oxygens (including phenoxy) is 10. The normalized spacial score (nSPS) is 11.9. The fourth-order valence-corrected chi connectivity index (χ4v) is 2.91. The molecule has 0 saturated heterocycles. The Bertz CT molecular complexity index is 642. The van der Waals surface area contributed by atoms with Gasteiger partial charge in [0.05, 0.1) is 106 Å². The van der Waals surface area contributed by atoms with E-state index >= 15 is 0 Å². The Kier molecular flexibility index (Phi) is 25.4. The topological polar surface area (TPSA) is 133 Å². The molecule has 0 spiro atoms. The zero-order chi connectivity index (χ0) is 33.1. The second kappa shape index (κ2) is 26.4. The Labute approximate surface area is 264 Å². The summed E-state index contributed by atoms with van der Waals surface area (Å²) in [6, 6.07) is 0. The van der Waals surface area contributed by atoms with E-state index in [1.165, 1.54) is 9.80 Å².